The van der Waals surface area contributed by atoms with Crippen molar-refractivity contribution in [3.8, 4) is 22.7 Å². The Morgan fingerprint density at radius 2 is 2.00 bits per heavy atom. The number of halogens is 1. The lowest BCUT2D eigenvalue weighted by Crippen LogP contribution is -2.28. The molecule has 0 atom stereocenters. The maximum atomic E-state index is 14.7. The Balaban J connectivity index is 1.54. The SMILES string of the molecule is CCS(=O)(=O)c1ccc(-n2cc(-c3ncncc3OC[C@H]3CC[C@@H](N)CC3)cn2)c(F)c1. The van der Waals surface area contributed by atoms with Crippen LogP contribution >= 0.6 is 0 Å². The molecule has 2 aromatic heterocycles. The molecule has 1 aliphatic carbocycles. The summed E-state index contributed by atoms with van der Waals surface area (Å²) >= 11 is 0. The number of nitrogens with zero attached hydrogens (tertiary/aromatic N) is 4. The molecule has 8 nitrogen and oxygen atoms in total. The van der Waals surface area contributed by atoms with Gasteiger partial charge in [0.1, 0.15) is 23.5 Å². The molecule has 0 spiro atoms. The Morgan fingerprint density at radius 3 is 2.72 bits per heavy atom. The van der Waals surface area contributed by atoms with E-state index in [-0.39, 0.29) is 22.4 Å². The third-order valence-corrected chi connectivity index (χ3v) is 7.54. The van der Waals surface area contributed by atoms with Gasteiger partial charge in [-0.3, -0.25) is 0 Å². The molecule has 3 aromatic rings. The van der Waals surface area contributed by atoms with Crippen LogP contribution in [0.1, 0.15) is 32.6 Å². The summed E-state index contributed by atoms with van der Waals surface area (Å²) in [6.07, 6.45) is 10.3. The van der Waals surface area contributed by atoms with Crippen molar-refractivity contribution in [2.75, 3.05) is 12.4 Å². The Kier molecular flexibility index (Phi) is 6.52. The average molecular weight is 460 g/mol. The molecule has 2 heterocycles. The second-order valence-corrected chi connectivity index (χ2v) is 10.3. The zero-order chi connectivity index (χ0) is 22.7. The van der Waals surface area contributed by atoms with Gasteiger partial charge in [0.15, 0.2) is 15.6 Å². The number of sulfone groups is 1. The lowest BCUT2D eigenvalue weighted by molar-refractivity contribution is 0.200. The van der Waals surface area contributed by atoms with Crippen LogP contribution in [0.3, 0.4) is 0 Å². The summed E-state index contributed by atoms with van der Waals surface area (Å²) in [5.41, 5.74) is 7.31. The number of ether oxygens (including phenoxy) is 1. The highest BCUT2D eigenvalue weighted by Crippen LogP contribution is 2.30. The molecule has 10 heteroatoms. The first-order chi connectivity index (χ1) is 15.4. The first kappa shape index (κ1) is 22.3. The van der Waals surface area contributed by atoms with Crippen molar-refractivity contribution in [2.45, 2.75) is 43.5 Å². The van der Waals surface area contributed by atoms with Crippen molar-refractivity contribution in [2.24, 2.45) is 11.7 Å². The van der Waals surface area contributed by atoms with Crippen LogP contribution in [0.15, 0.2) is 48.0 Å². The summed E-state index contributed by atoms with van der Waals surface area (Å²) in [5, 5.41) is 4.23. The summed E-state index contributed by atoms with van der Waals surface area (Å²) in [5.74, 6) is 0.204. The van der Waals surface area contributed by atoms with Crippen LogP contribution in [0.4, 0.5) is 4.39 Å². The second-order valence-electron chi connectivity index (χ2n) is 8.02. The maximum Gasteiger partial charge on any atom is 0.178 e. The average Bonchev–Trinajstić information content (AvgIpc) is 3.28. The molecule has 170 valence electrons. The molecular formula is C22H26FN5O3S. The van der Waals surface area contributed by atoms with Crippen LogP contribution in [0.2, 0.25) is 0 Å². The molecule has 0 radical (unpaired) electrons. The number of benzene rings is 1. The van der Waals surface area contributed by atoms with Gasteiger partial charge in [-0.05, 0) is 49.8 Å². The van der Waals surface area contributed by atoms with Crippen LogP contribution in [-0.2, 0) is 9.84 Å². The summed E-state index contributed by atoms with van der Waals surface area (Å²) < 4.78 is 46.0. The maximum absolute atomic E-state index is 14.7. The van der Waals surface area contributed by atoms with Crippen molar-refractivity contribution in [3.05, 3.63) is 48.9 Å². The molecular weight excluding hydrogens is 433 g/mol. The molecule has 4 rings (SSSR count). The third kappa shape index (κ3) is 4.81. The van der Waals surface area contributed by atoms with E-state index in [1.54, 1.807) is 18.6 Å². The van der Waals surface area contributed by atoms with Gasteiger partial charge in [0.25, 0.3) is 0 Å². The van der Waals surface area contributed by atoms with Crippen molar-refractivity contribution >= 4 is 9.84 Å². The van der Waals surface area contributed by atoms with E-state index in [0.717, 1.165) is 31.7 Å². The summed E-state index contributed by atoms with van der Waals surface area (Å²) in [4.78, 5) is 8.34. The Hall–Kier alpha value is -2.85. The van der Waals surface area contributed by atoms with E-state index >= 15 is 0 Å². The summed E-state index contributed by atoms with van der Waals surface area (Å²) in [6.45, 7) is 2.08. The predicted molar refractivity (Wildman–Crippen MR) is 118 cm³/mol. The molecule has 0 saturated heterocycles. The quantitative estimate of drug-likeness (QED) is 0.577. The highest BCUT2D eigenvalue weighted by Gasteiger charge is 2.21. The van der Waals surface area contributed by atoms with Gasteiger partial charge >= 0.3 is 0 Å². The minimum absolute atomic E-state index is 0.0521. The van der Waals surface area contributed by atoms with Gasteiger partial charge in [-0.2, -0.15) is 5.10 Å². The molecule has 0 aliphatic heterocycles. The number of hydrogen-bond acceptors (Lipinski definition) is 7. The molecule has 1 fully saturated rings. The lowest BCUT2D eigenvalue weighted by Gasteiger charge is -2.26. The van der Waals surface area contributed by atoms with Crippen LogP contribution < -0.4 is 10.5 Å². The fourth-order valence-electron chi connectivity index (χ4n) is 3.81. The number of hydrogen-bond donors (Lipinski definition) is 1. The molecule has 2 N–H and O–H groups in total. The molecule has 1 aliphatic rings. The first-order valence-corrected chi connectivity index (χ1v) is 12.3. The molecule has 32 heavy (non-hydrogen) atoms. The molecule has 0 bridgehead atoms. The first-order valence-electron chi connectivity index (χ1n) is 10.6. The fraction of sp³-hybridized carbons (Fsp3) is 0.409. The minimum atomic E-state index is -3.49. The topological polar surface area (TPSA) is 113 Å². The van der Waals surface area contributed by atoms with Crippen molar-refractivity contribution in [1.29, 1.82) is 0 Å². The van der Waals surface area contributed by atoms with Crippen molar-refractivity contribution in [1.82, 2.24) is 19.7 Å². The second kappa shape index (κ2) is 9.33. The van der Waals surface area contributed by atoms with Gasteiger partial charge in [-0.25, -0.2) is 27.5 Å². The van der Waals surface area contributed by atoms with Gasteiger partial charge in [0.2, 0.25) is 0 Å². The monoisotopic (exact) mass is 459 g/mol. The van der Waals surface area contributed by atoms with Crippen LogP contribution in [0, 0.1) is 11.7 Å². The van der Waals surface area contributed by atoms with E-state index in [2.05, 4.69) is 15.1 Å². The third-order valence-electron chi connectivity index (χ3n) is 5.81. The standard InChI is InChI=1S/C22H26FN5O3S/c1-2-32(29,30)18-7-8-20(19(23)9-18)28-12-16(10-27-28)22-21(11-25-14-26-22)31-13-15-3-5-17(24)6-4-15/h7-12,14-15,17H,2-6,13,24H2,1H3/t15-,17+. The molecule has 0 amide bonds. The van der Waals surface area contributed by atoms with E-state index in [1.807, 2.05) is 0 Å². The van der Waals surface area contributed by atoms with Crippen molar-refractivity contribution in [3.63, 3.8) is 0 Å². The van der Waals surface area contributed by atoms with E-state index < -0.39 is 15.7 Å². The highest BCUT2D eigenvalue weighted by atomic mass is 32.2. The van der Waals surface area contributed by atoms with Crippen LogP contribution in [0.25, 0.3) is 16.9 Å². The number of rotatable bonds is 7. The van der Waals surface area contributed by atoms with E-state index in [0.29, 0.717) is 29.5 Å². The van der Waals surface area contributed by atoms with E-state index in [1.165, 1.54) is 30.1 Å². The molecule has 1 saturated carbocycles. The lowest BCUT2D eigenvalue weighted by atomic mass is 9.87. The normalized spacial score (nSPS) is 19.1. The van der Waals surface area contributed by atoms with Gasteiger partial charge in [-0.1, -0.05) is 6.92 Å². The van der Waals surface area contributed by atoms with Gasteiger partial charge < -0.3 is 10.5 Å². The van der Waals surface area contributed by atoms with E-state index in [9.17, 15) is 12.8 Å². The predicted octanol–water partition coefficient (Wildman–Crippen LogP) is 3.16. The summed E-state index contributed by atoms with van der Waals surface area (Å²) in [6, 6.07) is 4.09. The van der Waals surface area contributed by atoms with Crippen molar-refractivity contribution < 1.29 is 17.5 Å². The van der Waals surface area contributed by atoms with Crippen LogP contribution in [0.5, 0.6) is 5.75 Å². The minimum Gasteiger partial charge on any atom is -0.489 e. The number of nitrogens with two attached hydrogens (primary N) is 1. The zero-order valence-corrected chi connectivity index (χ0v) is 18.6. The van der Waals surface area contributed by atoms with Gasteiger partial charge in [-0.15, -0.1) is 0 Å². The number of aromatic nitrogens is 4. The fourth-order valence-corrected chi connectivity index (χ4v) is 4.70. The van der Waals surface area contributed by atoms with Crippen LogP contribution in [-0.4, -0.2) is 46.6 Å². The largest absolute Gasteiger partial charge is 0.489 e. The van der Waals surface area contributed by atoms with Gasteiger partial charge in [0.05, 0.1) is 29.6 Å². The Labute approximate surface area is 186 Å². The smallest absolute Gasteiger partial charge is 0.178 e. The summed E-state index contributed by atoms with van der Waals surface area (Å²) in [7, 11) is -3.49. The zero-order valence-electron chi connectivity index (χ0n) is 17.8. The Bertz CT molecular complexity index is 1190. The van der Waals surface area contributed by atoms with Gasteiger partial charge in [0, 0.05) is 17.8 Å². The molecule has 0 unspecified atom stereocenters. The molecule has 1 aromatic carbocycles. The highest BCUT2D eigenvalue weighted by molar-refractivity contribution is 7.91. The van der Waals surface area contributed by atoms with E-state index in [4.69, 9.17) is 10.5 Å². The Morgan fingerprint density at radius 1 is 1.22 bits per heavy atom.